The van der Waals surface area contributed by atoms with Gasteiger partial charge in [0.15, 0.2) is 0 Å². The van der Waals surface area contributed by atoms with Gasteiger partial charge in [-0.25, -0.2) is 0 Å². The number of anilines is 2. The fourth-order valence-corrected chi connectivity index (χ4v) is 1.92. The van der Waals surface area contributed by atoms with Crippen molar-refractivity contribution in [3.8, 4) is 0 Å². The van der Waals surface area contributed by atoms with E-state index in [4.69, 9.17) is 5.73 Å². The van der Waals surface area contributed by atoms with Crippen LogP contribution in [0.3, 0.4) is 0 Å². The molecule has 0 aliphatic carbocycles. The van der Waals surface area contributed by atoms with Crippen LogP contribution in [0, 0.1) is 6.92 Å². The Balaban J connectivity index is 2.17. The van der Waals surface area contributed by atoms with Gasteiger partial charge in [0.2, 0.25) is 0 Å². The van der Waals surface area contributed by atoms with Crippen molar-refractivity contribution in [1.82, 2.24) is 4.98 Å². The molecule has 0 spiro atoms. The van der Waals surface area contributed by atoms with Gasteiger partial charge in [-0.1, -0.05) is 29.8 Å². The molecule has 0 radical (unpaired) electrons. The first kappa shape index (κ1) is 11.5. The summed E-state index contributed by atoms with van der Waals surface area (Å²) < 4.78 is 0. The summed E-state index contributed by atoms with van der Waals surface area (Å²) in [6.07, 6.45) is 3.44. The molecule has 2 N–H and O–H groups in total. The first-order valence-electron chi connectivity index (χ1n) is 5.63. The predicted molar refractivity (Wildman–Crippen MR) is 71.9 cm³/mol. The lowest BCUT2D eigenvalue weighted by Gasteiger charge is -2.20. The number of hydrogen-bond acceptors (Lipinski definition) is 3. The van der Waals surface area contributed by atoms with E-state index in [1.807, 2.05) is 13.1 Å². The number of nitrogen functional groups attached to an aromatic ring is 1. The van der Waals surface area contributed by atoms with Crippen LogP contribution in [-0.4, -0.2) is 12.0 Å². The Labute approximate surface area is 102 Å². The van der Waals surface area contributed by atoms with Crippen molar-refractivity contribution in [2.75, 3.05) is 17.7 Å². The van der Waals surface area contributed by atoms with Crippen LogP contribution in [0.5, 0.6) is 0 Å². The van der Waals surface area contributed by atoms with E-state index < -0.39 is 0 Å². The first-order chi connectivity index (χ1) is 8.16. The van der Waals surface area contributed by atoms with E-state index in [9.17, 15) is 0 Å². The van der Waals surface area contributed by atoms with Gasteiger partial charge in [0.25, 0.3) is 0 Å². The van der Waals surface area contributed by atoms with E-state index in [0.29, 0.717) is 5.69 Å². The van der Waals surface area contributed by atoms with Crippen molar-refractivity contribution in [2.24, 2.45) is 0 Å². The highest BCUT2D eigenvalue weighted by Gasteiger charge is 2.05. The lowest BCUT2D eigenvalue weighted by atomic mass is 10.1. The number of aryl methyl sites for hydroxylation is 1. The zero-order valence-corrected chi connectivity index (χ0v) is 10.2. The Bertz CT molecular complexity index is 508. The summed E-state index contributed by atoms with van der Waals surface area (Å²) >= 11 is 0. The smallest absolute Gasteiger partial charge is 0.0738 e. The van der Waals surface area contributed by atoms with Crippen molar-refractivity contribution < 1.29 is 0 Å². The Hall–Kier alpha value is -2.03. The van der Waals surface area contributed by atoms with E-state index in [1.54, 1.807) is 12.4 Å². The minimum atomic E-state index is 0.711. The van der Waals surface area contributed by atoms with E-state index in [2.05, 4.69) is 41.1 Å². The quantitative estimate of drug-likeness (QED) is 0.876. The normalized spacial score (nSPS) is 10.2. The summed E-state index contributed by atoms with van der Waals surface area (Å²) in [4.78, 5) is 6.13. The molecule has 3 heteroatoms. The molecule has 2 aromatic rings. The van der Waals surface area contributed by atoms with Crippen molar-refractivity contribution in [3.05, 3.63) is 53.9 Å². The van der Waals surface area contributed by atoms with Gasteiger partial charge in [-0.15, -0.1) is 0 Å². The van der Waals surface area contributed by atoms with E-state index in [1.165, 1.54) is 11.1 Å². The number of benzene rings is 1. The van der Waals surface area contributed by atoms with Gasteiger partial charge in [-0.05, 0) is 18.6 Å². The molecule has 0 atom stereocenters. The van der Waals surface area contributed by atoms with E-state index in [0.717, 1.165) is 12.2 Å². The van der Waals surface area contributed by atoms with Gasteiger partial charge in [-0.2, -0.15) is 0 Å². The summed E-state index contributed by atoms with van der Waals surface area (Å²) in [6, 6.07) is 10.4. The molecular formula is C14H17N3. The molecule has 0 aliphatic rings. The summed E-state index contributed by atoms with van der Waals surface area (Å²) in [5.41, 5.74) is 10.2. The van der Waals surface area contributed by atoms with Crippen molar-refractivity contribution in [2.45, 2.75) is 13.5 Å². The predicted octanol–water partition coefficient (Wildman–Crippen LogP) is 2.61. The molecule has 0 saturated carbocycles. The summed E-state index contributed by atoms with van der Waals surface area (Å²) in [7, 11) is 2.04. The highest BCUT2D eigenvalue weighted by Crippen LogP contribution is 2.21. The van der Waals surface area contributed by atoms with Gasteiger partial charge in [0, 0.05) is 19.8 Å². The zero-order valence-electron chi connectivity index (χ0n) is 10.2. The van der Waals surface area contributed by atoms with Crippen LogP contribution in [0.2, 0.25) is 0 Å². The van der Waals surface area contributed by atoms with E-state index >= 15 is 0 Å². The minimum Gasteiger partial charge on any atom is -0.396 e. The molecule has 0 unspecified atom stereocenters. The number of rotatable bonds is 3. The van der Waals surface area contributed by atoms with Crippen LogP contribution < -0.4 is 10.6 Å². The Morgan fingerprint density at radius 2 is 2.12 bits per heavy atom. The third kappa shape index (κ3) is 2.75. The molecule has 0 fully saturated rings. The van der Waals surface area contributed by atoms with Crippen molar-refractivity contribution >= 4 is 11.4 Å². The van der Waals surface area contributed by atoms with Crippen molar-refractivity contribution in [1.29, 1.82) is 0 Å². The fourth-order valence-electron chi connectivity index (χ4n) is 1.92. The molecule has 0 amide bonds. The Kier molecular flexibility index (Phi) is 3.28. The summed E-state index contributed by atoms with van der Waals surface area (Å²) in [5, 5.41) is 0. The number of aromatic nitrogens is 1. The van der Waals surface area contributed by atoms with Crippen molar-refractivity contribution in [3.63, 3.8) is 0 Å². The van der Waals surface area contributed by atoms with Gasteiger partial charge in [0.1, 0.15) is 0 Å². The fraction of sp³-hybridized carbons (Fsp3) is 0.214. The topological polar surface area (TPSA) is 42.2 Å². The van der Waals surface area contributed by atoms with Gasteiger partial charge in [-0.3, -0.25) is 4.98 Å². The highest BCUT2D eigenvalue weighted by atomic mass is 15.1. The largest absolute Gasteiger partial charge is 0.396 e. The molecule has 0 bridgehead atoms. The molecular weight excluding hydrogens is 210 g/mol. The average Bonchev–Trinajstić information content (AvgIpc) is 2.29. The third-order valence-corrected chi connectivity index (χ3v) is 2.74. The zero-order chi connectivity index (χ0) is 12.3. The third-order valence-electron chi connectivity index (χ3n) is 2.74. The average molecular weight is 227 g/mol. The molecule has 0 aliphatic heterocycles. The maximum Gasteiger partial charge on any atom is 0.0738 e. The monoisotopic (exact) mass is 227 g/mol. The van der Waals surface area contributed by atoms with Crippen LogP contribution in [0.15, 0.2) is 42.7 Å². The second kappa shape index (κ2) is 4.87. The number of nitrogens with zero attached hydrogens (tertiary/aromatic N) is 2. The van der Waals surface area contributed by atoms with Gasteiger partial charge < -0.3 is 10.6 Å². The number of hydrogen-bond donors (Lipinski definition) is 1. The van der Waals surface area contributed by atoms with Crippen LogP contribution >= 0.6 is 0 Å². The number of nitrogens with two attached hydrogens (primary N) is 1. The second-order valence-electron chi connectivity index (χ2n) is 4.28. The second-order valence-corrected chi connectivity index (χ2v) is 4.28. The van der Waals surface area contributed by atoms with Crippen LogP contribution in [0.1, 0.15) is 11.1 Å². The Morgan fingerprint density at radius 1 is 1.29 bits per heavy atom. The lowest BCUT2D eigenvalue weighted by molar-refractivity contribution is 0.921. The lowest BCUT2D eigenvalue weighted by Crippen LogP contribution is -2.17. The van der Waals surface area contributed by atoms with Gasteiger partial charge >= 0.3 is 0 Å². The van der Waals surface area contributed by atoms with Crippen LogP contribution in [-0.2, 0) is 6.54 Å². The van der Waals surface area contributed by atoms with Crippen LogP contribution in [0.25, 0.3) is 0 Å². The summed E-state index contributed by atoms with van der Waals surface area (Å²) in [5.74, 6) is 0. The highest BCUT2D eigenvalue weighted by molar-refractivity contribution is 5.65. The van der Waals surface area contributed by atoms with Gasteiger partial charge in [0.05, 0.1) is 17.6 Å². The SMILES string of the molecule is Cc1cccc(CN(C)c2ccncc2N)c1. The minimum absolute atomic E-state index is 0.711. The standard InChI is InChI=1S/C14H17N3/c1-11-4-3-5-12(8-11)10-17(2)14-6-7-16-9-13(14)15/h3-9H,10,15H2,1-2H3. The molecule has 3 nitrogen and oxygen atoms in total. The molecule has 88 valence electrons. The maximum absolute atomic E-state index is 5.90. The Morgan fingerprint density at radius 3 is 2.82 bits per heavy atom. The molecule has 1 aromatic carbocycles. The molecule has 0 saturated heterocycles. The maximum atomic E-state index is 5.90. The van der Waals surface area contributed by atoms with E-state index in [-0.39, 0.29) is 0 Å². The first-order valence-corrected chi connectivity index (χ1v) is 5.63. The van der Waals surface area contributed by atoms with Crippen LogP contribution in [0.4, 0.5) is 11.4 Å². The molecule has 17 heavy (non-hydrogen) atoms. The number of pyridine rings is 1. The molecule has 1 heterocycles. The summed E-state index contributed by atoms with van der Waals surface area (Å²) in [6.45, 7) is 2.94. The molecule has 2 rings (SSSR count). The molecule has 1 aromatic heterocycles.